The number of rotatable bonds is 29. The lowest BCUT2D eigenvalue weighted by Crippen LogP contribution is -2.24. The van der Waals surface area contributed by atoms with E-state index in [1.165, 1.54) is 0 Å². The van der Waals surface area contributed by atoms with Crippen LogP contribution in [-0.2, 0) is 69.6 Å². The number of ether oxygens (including phenoxy) is 7. The molecule has 1 aromatic carbocycles. The molecule has 20 heteroatoms. The second-order valence-electron chi connectivity index (χ2n) is 10.9. The Morgan fingerprint density at radius 3 is 2.48 bits per heavy atom. The van der Waals surface area contributed by atoms with E-state index in [2.05, 4.69) is 29.3 Å². The van der Waals surface area contributed by atoms with Gasteiger partial charge < -0.3 is 38.1 Å². The number of phosphoric acid groups is 1. The zero-order valence-corrected chi connectivity index (χ0v) is 30.5. The van der Waals surface area contributed by atoms with Crippen LogP contribution in [0.1, 0.15) is 42.6 Å². The maximum atomic E-state index is 12.1. The van der Waals surface area contributed by atoms with Crippen molar-refractivity contribution in [3.05, 3.63) is 65.7 Å². The van der Waals surface area contributed by atoms with Crippen LogP contribution >= 0.6 is 7.82 Å². The third-order valence-corrected chi connectivity index (χ3v) is 7.81. The van der Waals surface area contributed by atoms with Crippen LogP contribution in [-0.4, -0.2) is 109 Å². The SMILES string of the molecule is COc1cc(/C=C/c2ccccn2)ccc1OCCn1cc(COC(=O)CCCOCCOC(=O)CCCOP(=O)(O)OCC(COC=O)OC=O)nn1. The van der Waals surface area contributed by atoms with Gasteiger partial charge in [0.15, 0.2) is 17.6 Å². The number of phosphoric ester groups is 1. The van der Waals surface area contributed by atoms with Crippen LogP contribution in [0, 0.1) is 0 Å². The number of hydrogen-bond acceptors (Lipinski definition) is 17. The van der Waals surface area contributed by atoms with Crippen molar-refractivity contribution >= 4 is 44.9 Å². The van der Waals surface area contributed by atoms with Crippen molar-refractivity contribution in [3.63, 3.8) is 0 Å². The molecule has 2 unspecified atom stereocenters. The van der Waals surface area contributed by atoms with Gasteiger partial charge in [-0.15, -0.1) is 5.10 Å². The van der Waals surface area contributed by atoms with Crippen LogP contribution in [0.25, 0.3) is 12.2 Å². The second-order valence-corrected chi connectivity index (χ2v) is 12.4. The molecular formula is C34H43N4O15P. The summed E-state index contributed by atoms with van der Waals surface area (Å²) in [5.41, 5.74) is 2.25. The van der Waals surface area contributed by atoms with E-state index in [1.54, 1.807) is 24.2 Å². The highest BCUT2D eigenvalue weighted by molar-refractivity contribution is 7.47. The Hall–Kier alpha value is -5.20. The van der Waals surface area contributed by atoms with Gasteiger partial charge in [0, 0.05) is 25.6 Å². The Morgan fingerprint density at radius 2 is 1.72 bits per heavy atom. The molecule has 19 nitrogen and oxygen atoms in total. The minimum atomic E-state index is -4.51. The highest BCUT2D eigenvalue weighted by Gasteiger charge is 2.24. The fourth-order valence-corrected chi connectivity index (χ4v) is 5.01. The average Bonchev–Trinajstić information content (AvgIpc) is 3.64. The van der Waals surface area contributed by atoms with E-state index < -0.39 is 32.5 Å². The van der Waals surface area contributed by atoms with Crippen molar-refractivity contribution in [1.29, 1.82) is 0 Å². The lowest BCUT2D eigenvalue weighted by molar-refractivity contribution is -0.145. The molecule has 0 amide bonds. The van der Waals surface area contributed by atoms with E-state index in [0.717, 1.165) is 11.3 Å². The summed E-state index contributed by atoms with van der Waals surface area (Å²) in [5.74, 6) is 0.152. The highest BCUT2D eigenvalue weighted by atomic mass is 31.2. The van der Waals surface area contributed by atoms with Crippen molar-refractivity contribution in [3.8, 4) is 11.5 Å². The van der Waals surface area contributed by atoms with Gasteiger partial charge in [-0.2, -0.15) is 0 Å². The van der Waals surface area contributed by atoms with Crippen molar-refractivity contribution < 1.29 is 70.8 Å². The van der Waals surface area contributed by atoms with E-state index in [0.29, 0.717) is 36.8 Å². The van der Waals surface area contributed by atoms with Crippen molar-refractivity contribution in [1.82, 2.24) is 20.0 Å². The van der Waals surface area contributed by atoms with Gasteiger partial charge in [-0.3, -0.25) is 33.2 Å². The summed E-state index contributed by atoms with van der Waals surface area (Å²) >= 11 is 0. The summed E-state index contributed by atoms with van der Waals surface area (Å²) in [6, 6.07) is 11.3. The number of pyridine rings is 1. The number of aromatic nitrogens is 4. The summed E-state index contributed by atoms with van der Waals surface area (Å²) in [4.78, 5) is 58.6. The Kier molecular flexibility index (Phi) is 19.9. The standard InChI is InChI=1S/C34H43N4O15P/c1-45-32-20-27(9-11-28-6-2-3-13-35-28)10-12-31(32)48-17-14-38-21-29(36-37-38)22-50-34(42)7-4-15-46-18-19-49-33(41)8-5-16-52-54(43,44)53-24-30(51-26-40)23-47-25-39/h2-3,6,9-13,20-21,25-26,30H,4-5,7-8,14-19,22-24H2,1H3,(H,43,44)/b11-9+. The first kappa shape index (κ1) is 43.2. The number of carbonyl (C=O) groups is 4. The van der Waals surface area contributed by atoms with Crippen molar-refractivity contribution in [2.24, 2.45) is 0 Å². The van der Waals surface area contributed by atoms with E-state index in [1.807, 2.05) is 48.6 Å². The van der Waals surface area contributed by atoms with Gasteiger partial charge in [0.2, 0.25) is 0 Å². The molecule has 0 saturated carbocycles. The summed E-state index contributed by atoms with van der Waals surface area (Å²) in [5, 5.41) is 8.07. The molecule has 1 N–H and O–H groups in total. The molecule has 0 aliphatic heterocycles. The lowest BCUT2D eigenvalue weighted by atomic mass is 10.1. The molecule has 3 aromatic rings. The van der Waals surface area contributed by atoms with Gasteiger partial charge >= 0.3 is 19.8 Å². The fraction of sp³-hybridized carbons (Fsp3) is 0.441. The summed E-state index contributed by atoms with van der Waals surface area (Å²) in [6.07, 6.45) is 6.59. The fourth-order valence-electron chi connectivity index (χ4n) is 4.22. The maximum absolute atomic E-state index is 12.1. The number of benzene rings is 1. The molecule has 2 atom stereocenters. The molecule has 3 rings (SSSR count). The maximum Gasteiger partial charge on any atom is 0.472 e. The summed E-state index contributed by atoms with van der Waals surface area (Å²) in [7, 11) is -2.94. The Labute approximate surface area is 311 Å². The first-order chi connectivity index (χ1) is 26.2. The number of methoxy groups -OCH3 is 1. The largest absolute Gasteiger partial charge is 0.493 e. The lowest BCUT2D eigenvalue weighted by Gasteiger charge is -2.16. The third kappa shape index (κ3) is 18.0. The molecule has 294 valence electrons. The minimum absolute atomic E-state index is 0.0296. The monoisotopic (exact) mass is 778 g/mol. The molecule has 2 aromatic heterocycles. The van der Waals surface area contributed by atoms with Gasteiger partial charge in [-0.25, -0.2) is 9.25 Å². The first-order valence-electron chi connectivity index (χ1n) is 16.7. The van der Waals surface area contributed by atoms with E-state index in [4.69, 9.17) is 28.2 Å². The summed E-state index contributed by atoms with van der Waals surface area (Å²) < 4.78 is 58.9. The van der Waals surface area contributed by atoms with Crippen LogP contribution in [0.15, 0.2) is 48.8 Å². The van der Waals surface area contributed by atoms with Crippen LogP contribution in [0.2, 0.25) is 0 Å². The topological polar surface area (TPSA) is 232 Å². The molecule has 54 heavy (non-hydrogen) atoms. The van der Waals surface area contributed by atoms with Crippen LogP contribution in [0.4, 0.5) is 0 Å². The Bertz CT molecular complexity index is 1660. The van der Waals surface area contributed by atoms with Gasteiger partial charge in [0.05, 0.1) is 45.4 Å². The molecule has 0 aliphatic carbocycles. The molecule has 2 heterocycles. The Morgan fingerprint density at radius 1 is 0.907 bits per heavy atom. The van der Waals surface area contributed by atoms with E-state index in [9.17, 15) is 28.6 Å². The van der Waals surface area contributed by atoms with Crippen LogP contribution in [0.3, 0.4) is 0 Å². The predicted octanol–water partition coefficient (Wildman–Crippen LogP) is 2.94. The van der Waals surface area contributed by atoms with Gasteiger partial charge in [0.1, 0.15) is 32.1 Å². The quantitative estimate of drug-likeness (QED) is 0.0351. The predicted molar refractivity (Wildman–Crippen MR) is 186 cm³/mol. The molecular weight excluding hydrogens is 735 g/mol. The summed E-state index contributed by atoms with van der Waals surface area (Å²) in [6.45, 7) is -0.0902. The zero-order chi connectivity index (χ0) is 38.9. The van der Waals surface area contributed by atoms with E-state index in [-0.39, 0.29) is 71.8 Å². The van der Waals surface area contributed by atoms with Gasteiger partial charge in [0.25, 0.3) is 12.9 Å². The molecule has 0 bridgehead atoms. The third-order valence-electron chi connectivity index (χ3n) is 6.83. The number of carbonyl (C=O) groups excluding carboxylic acids is 4. The van der Waals surface area contributed by atoms with E-state index >= 15 is 0 Å². The average molecular weight is 779 g/mol. The molecule has 0 radical (unpaired) electrons. The second kappa shape index (κ2) is 24.9. The molecule has 0 spiro atoms. The number of hydrogen-bond donors (Lipinski definition) is 1. The number of esters is 2. The molecule has 0 fully saturated rings. The first-order valence-corrected chi connectivity index (χ1v) is 18.1. The smallest absolute Gasteiger partial charge is 0.472 e. The minimum Gasteiger partial charge on any atom is -0.493 e. The normalized spacial score (nSPS) is 12.7. The number of nitrogens with zero attached hydrogens (tertiary/aromatic N) is 4. The highest BCUT2D eigenvalue weighted by Crippen LogP contribution is 2.43. The van der Waals surface area contributed by atoms with Crippen LogP contribution < -0.4 is 9.47 Å². The van der Waals surface area contributed by atoms with Gasteiger partial charge in [-0.05, 0) is 48.7 Å². The van der Waals surface area contributed by atoms with Gasteiger partial charge in [-0.1, -0.05) is 23.4 Å². The van der Waals surface area contributed by atoms with Crippen molar-refractivity contribution in [2.45, 2.75) is 44.9 Å². The van der Waals surface area contributed by atoms with Crippen molar-refractivity contribution in [2.75, 3.05) is 53.4 Å². The molecule has 0 aliphatic rings. The Balaban J connectivity index is 1.19. The zero-order valence-electron chi connectivity index (χ0n) is 29.6. The van der Waals surface area contributed by atoms with Crippen LogP contribution in [0.5, 0.6) is 11.5 Å². The molecule has 0 saturated heterocycles.